The van der Waals surface area contributed by atoms with Gasteiger partial charge in [-0.05, 0) is 25.1 Å². The van der Waals surface area contributed by atoms with Gasteiger partial charge in [0, 0.05) is 11.6 Å². The van der Waals surface area contributed by atoms with Gasteiger partial charge in [0.2, 0.25) is 15.9 Å². The summed E-state index contributed by atoms with van der Waals surface area (Å²) in [5.41, 5.74) is 2.50. The number of nitrogens with one attached hydrogen (secondary N) is 1. The Morgan fingerprint density at radius 1 is 1.27 bits per heavy atom. The van der Waals surface area contributed by atoms with Crippen molar-refractivity contribution in [2.24, 2.45) is 5.14 Å². The van der Waals surface area contributed by atoms with Crippen LogP contribution in [0, 0.1) is 0 Å². The molecule has 0 radical (unpaired) electrons. The minimum atomic E-state index is -3.77. The van der Waals surface area contributed by atoms with E-state index in [2.05, 4.69) is 15.2 Å². The monoisotopic (exact) mass is 318 g/mol. The summed E-state index contributed by atoms with van der Waals surface area (Å²) in [5.74, 6) is 0.486. The minimum absolute atomic E-state index is 0.0297. The molecule has 0 atom stereocenters. The van der Waals surface area contributed by atoms with Gasteiger partial charge in [0.25, 0.3) is 0 Å². The van der Waals surface area contributed by atoms with Gasteiger partial charge in [0.15, 0.2) is 0 Å². The highest BCUT2D eigenvalue weighted by molar-refractivity contribution is 7.89. The van der Waals surface area contributed by atoms with E-state index >= 15 is 0 Å². The third-order valence-electron chi connectivity index (χ3n) is 3.11. The maximum Gasteiger partial charge on any atom is 0.238 e. The van der Waals surface area contributed by atoms with Gasteiger partial charge in [-0.15, -0.1) is 0 Å². The highest BCUT2D eigenvalue weighted by atomic mass is 32.2. The Morgan fingerprint density at radius 2 is 2.09 bits per heavy atom. The van der Waals surface area contributed by atoms with Crippen molar-refractivity contribution in [3.63, 3.8) is 0 Å². The Bertz CT molecular complexity index is 934. The molecule has 8 heteroatoms. The number of aromatic amines is 1. The molecule has 0 bridgehead atoms. The SMILES string of the molecule is CCOc1ccc2[nH]nc(-c3cccc(S(N)(=O)=O)c3)c2n1. The van der Waals surface area contributed by atoms with E-state index in [9.17, 15) is 8.42 Å². The summed E-state index contributed by atoms with van der Waals surface area (Å²) in [5, 5.41) is 12.2. The normalized spacial score (nSPS) is 11.7. The van der Waals surface area contributed by atoms with E-state index in [-0.39, 0.29) is 4.90 Å². The number of aromatic nitrogens is 3. The van der Waals surface area contributed by atoms with Crippen LogP contribution in [-0.2, 0) is 10.0 Å². The molecule has 7 nitrogen and oxygen atoms in total. The summed E-state index contributed by atoms with van der Waals surface area (Å²) >= 11 is 0. The summed E-state index contributed by atoms with van der Waals surface area (Å²) in [6.45, 7) is 2.38. The summed E-state index contributed by atoms with van der Waals surface area (Å²) < 4.78 is 28.3. The largest absolute Gasteiger partial charge is 0.478 e. The molecule has 2 aromatic heterocycles. The molecule has 0 saturated heterocycles. The third kappa shape index (κ3) is 2.66. The van der Waals surface area contributed by atoms with Crippen LogP contribution in [0.4, 0.5) is 0 Å². The summed E-state index contributed by atoms with van der Waals surface area (Å²) in [4.78, 5) is 4.43. The first kappa shape index (κ1) is 14.5. The van der Waals surface area contributed by atoms with Crippen LogP contribution >= 0.6 is 0 Å². The van der Waals surface area contributed by atoms with E-state index in [0.29, 0.717) is 29.3 Å². The molecule has 0 amide bonds. The molecule has 3 aromatic rings. The van der Waals surface area contributed by atoms with Crippen molar-refractivity contribution in [1.82, 2.24) is 15.2 Å². The number of primary sulfonamides is 1. The molecule has 0 saturated carbocycles. The number of benzene rings is 1. The van der Waals surface area contributed by atoms with Crippen LogP contribution in [0.15, 0.2) is 41.3 Å². The van der Waals surface area contributed by atoms with Gasteiger partial charge in [0.1, 0.15) is 11.2 Å². The van der Waals surface area contributed by atoms with Crippen molar-refractivity contribution in [3.05, 3.63) is 36.4 Å². The summed E-state index contributed by atoms with van der Waals surface area (Å²) in [6.07, 6.45) is 0. The van der Waals surface area contributed by atoms with E-state index in [1.54, 1.807) is 18.2 Å². The van der Waals surface area contributed by atoms with E-state index in [0.717, 1.165) is 5.52 Å². The number of rotatable bonds is 4. The Labute approximate surface area is 127 Å². The first-order valence-electron chi connectivity index (χ1n) is 6.60. The fourth-order valence-electron chi connectivity index (χ4n) is 2.13. The van der Waals surface area contributed by atoms with Crippen molar-refractivity contribution in [1.29, 1.82) is 0 Å². The Kier molecular flexibility index (Phi) is 3.55. The lowest BCUT2D eigenvalue weighted by Gasteiger charge is -2.03. The molecule has 2 heterocycles. The standard InChI is InChI=1S/C14H14N4O3S/c1-2-21-12-7-6-11-14(16-12)13(18-17-11)9-4-3-5-10(8-9)22(15,19)20/h3-8H,2H2,1H3,(H,17,18)(H2,15,19,20). The van der Waals surface area contributed by atoms with Crippen LogP contribution in [0.1, 0.15) is 6.92 Å². The predicted octanol–water partition coefficient (Wildman–Crippen LogP) is 1.67. The van der Waals surface area contributed by atoms with Gasteiger partial charge in [0.05, 0.1) is 17.0 Å². The van der Waals surface area contributed by atoms with E-state index in [1.165, 1.54) is 12.1 Å². The average molecular weight is 318 g/mol. The molecule has 114 valence electrons. The number of sulfonamides is 1. The van der Waals surface area contributed by atoms with Crippen molar-refractivity contribution in [3.8, 4) is 17.1 Å². The summed E-state index contributed by atoms with van der Waals surface area (Å²) in [6, 6.07) is 9.83. The molecule has 0 aliphatic heterocycles. The van der Waals surface area contributed by atoms with Gasteiger partial charge in [-0.25, -0.2) is 18.5 Å². The van der Waals surface area contributed by atoms with Crippen LogP contribution in [0.3, 0.4) is 0 Å². The fraction of sp³-hybridized carbons (Fsp3) is 0.143. The molecule has 3 rings (SSSR count). The predicted molar refractivity (Wildman–Crippen MR) is 81.9 cm³/mol. The summed E-state index contributed by atoms with van der Waals surface area (Å²) in [7, 11) is -3.77. The number of nitrogens with two attached hydrogens (primary N) is 1. The van der Waals surface area contributed by atoms with Gasteiger partial charge in [-0.2, -0.15) is 5.10 Å². The molecule has 0 aliphatic rings. The van der Waals surface area contributed by atoms with Gasteiger partial charge >= 0.3 is 0 Å². The fourth-order valence-corrected chi connectivity index (χ4v) is 2.69. The smallest absolute Gasteiger partial charge is 0.238 e. The Hall–Kier alpha value is -2.45. The number of hydrogen-bond acceptors (Lipinski definition) is 5. The second-order valence-electron chi connectivity index (χ2n) is 4.62. The molecule has 1 aromatic carbocycles. The maximum absolute atomic E-state index is 11.5. The van der Waals surface area contributed by atoms with Crippen molar-refractivity contribution >= 4 is 21.1 Å². The number of nitrogens with zero attached hydrogens (tertiary/aromatic N) is 2. The van der Waals surface area contributed by atoms with Crippen LogP contribution in [0.2, 0.25) is 0 Å². The molecule has 22 heavy (non-hydrogen) atoms. The zero-order chi connectivity index (χ0) is 15.7. The van der Waals surface area contributed by atoms with Gasteiger partial charge in [-0.1, -0.05) is 12.1 Å². The molecular formula is C14H14N4O3S. The minimum Gasteiger partial charge on any atom is -0.478 e. The highest BCUT2D eigenvalue weighted by Crippen LogP contribution is 2.27. The van der Waals surface area contributed by atoms with Crippen LogP contribution in [0.5, 0.6) is 5.88 Å². The number of ether oxygens (including phenoxy) is 1. The lowest BCUT2D eigenvalue weighted by molar-refractivity contribution is 0.328. The lowest BCUT2D eigenvalue weighted by atomic mass is 10.1. The zero-order valence-corrected chi connectivity index (χ0v) is 12.6. The lowest BCUT2D eigenvalue weighted by Crippen LogP contribution is -2.11. The zero-order valence-electron chi connectivity index (χ0n) is 11.8. The van der Waals surface area contributed by atoms with Crippen molar-refractivity contribution in [2.45, 2.75) is 11.8 Å². The first-order valence-corrected chi connectivity index (χ1v) is 8.15. The van der Waals surface area contributed by atoms with Crippen molar-refractivity contribution in [2.75, 3.05) is 6.61 Å². The second-order valence-corrected chi connectivity index (χ2v) is 6.19. The quantitative estimate of drug-likeness (QED) is 0.760. The number of fused-ring (bicyclic) bond motifs is 1. The van der Waals surface area contributed by atoms with Crippen molar-refractivity contribution < 1.29 is 13.2 Å². The van der Waals surface area contributed by atoms with E-state index in [4.69, 9.17) is 9.88 Å². The first-order chi connectivity index (χ1) is 10.5. The highest BCUT2D eigenvalue weighted by Gasteiger charge is 2.14. The molecule has 0 spiro atoms. The van der Waals surface area contributed by atoms with Crippen LogP contribution in [0.25, 0.3) is 22.3 Å². The number of hydrogen-bond donors (Lipinski definition) is 2. The van der Waals surface area contributed by atoms with Gasteiger partial charge in [-0.3, -0.25) is 5.10 Å². The maximum atomic E-state index is 11.5. The molecular weight excluding hydrogens is 304 g/mol. The average Bonchev–Trinajstić information content (AvgIpc) is 2.90. The molecule has 0 unspecified atom stereocenters. The number of pyridine rings is 1. The molecule has 0 aliphatic carbocycles. The molecule has 0 fully saturated rings. The Morgan fingerprint density at radius 3 is 2.82 bits per heavy atom. The number of H-pyrrole nitrogens is 1. The topological polar surface area (TPSA) is 111 Å². The molecule has 3 N–H and O–H groups in total. The van der Waals surface area contributed by atoms with E-state index < -0.39 is 10.0 Å². The van der Waals surface area contributed by atoms with Crippen LogP contribution in [-0.4, -0.2) is 30.2 Å². The van der Waals surface area contributed by atoms with E-state index in [1.807, 2.05) is 13.0 Å². The second kappa shape index (κ2) is 5.39. The van der Waals surface area contributed by atoms with Crippen LogP contribution < -0.4 is 9.88 Å². The Balaban J connectivity index is 2.16. The third-order valence-corrected chi connectivity index (χ3v) is 4.02. The van der Waals surface area contributed by atoms with Gasteiger partial charge < -0.3 is 4.74 Å².